The Morgan fingerprint density at radius 3 is 2.14 bits per heavy atom. The first-order valence-corrected chi connectivity index (χ1v) is 5.91. The van der Waals surface area contributed by atoms with Crippen molar-refractivity contribution >= 4 is 16.0 Å². The molecule has 1 atom stereocenters. The standard InChI is InChI=1S/C8H17NO4S/c1-6(7(10)11)9-14(12,13)5-8(2,3)4/h6,9H,5H2,1-4H3,(H,10,11)/t6-/m1/s1. The number of carboxylic acids is 1. The summed E-state index contributed by atoms with van der Waals surface area (Å²) in [6.07, 6.45) is 0. The van der Waals surface area contributed by atoms with Crippen LogP contribution in [0.15, 0.2) is 0 Å². The Labute approximate surface area is 84.6 Å². The molecule has 0 heterocycles. The highest BCUT2D eigenvalue weighted by atomic mass is 32.2. The minimum Gasteiger partial charge on any atom is -0.480 e. The van der Waals surface area contributed by atoms with Crippen LogP contribution in [0.4, 0.5) is 0 Å². The van der Waals surface area contributed by atoms with Gasteiger partial charge in [-0.15, -0.1) is 0 Å². The molecule has 0 aliphatic rings. The average Bonchev–Trinajstić information content (AvgIpc) is 1.78. The summed E-state index contributed by atoms with van der Waals surface area (Å²) in [7, 11) is -3.51. The van der Waals surface area contributed by atoms with Gasteiger partial charge in [-0.1, -0.05) is 20.8 Å². The maximum Gasteiger partial charge on any atom is 0.321 e. The van der Waals surface area contributed by atoms with Crippen molar-refractivity contribution in [3.63, 3.8) is 0 Å². The summed E-state index contributed by atoms with van der Waals surface area (Å²) < 4.78 is 24.9. The number of nitrogens with one attached hydrogen (secondary N) is 1. The molecule has 14 heavy (non-hydrogen) atoms. The van der Waals surface area contributed by atoms with E-state index in [0.29, 0.717) is 0 Å². The van der Waals surface area contributed by atoms with Crippen LogP contribution in [0.3, 0.4) is 0 Å². The van der Waals surface area contributed by atoms with E-state index in [0.717, 1.165) is 0 Å². The van der Waals surface area contributed by atoms with E-state index >= 15 is 0 Å². The van der Waals surface area contributed by atoms with Crippen LogP contribution in [0.25, 0.3) is 0 Å². The van der Waals surface area contributed by atoms with Crippen molar-refractivity contribution in [1.29, 1.82) is 0 Å². The minimum atomic E-state index is -3.51. The number of carboxylic acid groups (broad SMARTS) is 1. The molecule has 6 heteroatoms. The van der Waals surface area contributed by atoms with Crippen LogP contribution in [0, 0.1) is 5.41 Å². The zero-order valence-electron chi connectivity index (χ0n) is 8.86. The molecule has 0 aromatic carbocycles. The molecular weight excluding hydrogens is 206 g/mol. The minimum absolute atomic E-state index is 0.0857. The largest absolute Gasteiger partial charge is 0.480 e. The van der Waals surface area contributed by atoms with Crippen molar-refractivity contribution < 1.29 is 18.3 Å². The molecule has 0 saturated carbocycles. The number of hydrogen-bond acceptors (Lipinski definition) is 3. The van der Waals surface area contributed by atoms with Gasteiger partial charge in [-0.3, -0.25) is 4.79 Å². The van der Waals surface area contributed by atoms with Crippen LogP contribution in [0.2, 0.25) is 0 Å². The lowest BCUT2D eigenvalue weighted by Gasteiger charge is -2.19. The van der Waals surface area contributed by atoms with Gasteiger partial charge in [-0.05, 0) is 12.3 Å². The molecule has 0 fully saturated rings. The highest BCUT2D eigenvalue weighted by molar-refractivity contribution is 7.89. The van der Waals surface area contributed by atoms with Crippen molar-refractivity contribution in [3.8, 4) is 0 Å². The van der Waals surface area contributed by atoms with E-state index in [1.54, 1.807) is 20.8 Å². The van der Waals surface area contributed by atoms with Gasteiger partial charge in [-0.25, -0.2) is 13.1 Å². The molecule has 0 aliphatic heterocycles. The van der Waals surface area contributed by atoms with Gasteiger partial charge in [0.1, 0.15) is 6.04 Å². The number of carbonyl (C=O) groups is 1. The van der Waals surface area contributed by atoms with Crippen LogP contribution in [-0.2, 0) is 14.8 Å². The zero-order chi connectivity index (χ0) is 11.6. The third-order valence-corrected chi connectivity index (χ3v) is 3.31. The zero-order valence-corrected chi connectivity index (χ0v) is 9.68. The normalized spacial score (nSPS) is 15.1. The monoisotopic (exact) mass is 223 g/mol. The molecular formula is C8H17NO4S. The fraction of sp³-hybridized carbons (Fsp3) is 0.875. The van der Waals surface area contributed by atoms with Gasteiger partial charge in [0.15, 0.2) is 0 Å². The molecule has 5 nitrogen and oxygen atoms in total. The summed E-state index contributed by atoms with van der Waals surface area (Å²) in [6, 6.07) is -1.08. The Balaban J connectivity index is 4.45. The van der Waals surface area contributed by atoms with Gasteiger partial charge < -0.3 is 5.11 Å². The lowest BCUT2D eigenvalue weighted by atomic mass is 10.0. The summed E-state index contributed by atoms with van der Waals surface area (Å²) in [5.74, 6) is -1.26. The second kappa shape index (κ2) is 4.27. The average molecular weight is 223 g/mol. The summed E-state index contributed by atoms with van der Waals surface area (Å²) in [5.41, 5.74) is -0.385. The molecule has 2 N–H and O–H groups in total. The summed E-state index contributed by atoms with van der Waals surface area (Å²) in [5, 5.41) is 8.52. The highest BCUT2D eigenvalue weighted by Crippen LogP contribution is 2.15. The van der Waals surface area contributed by atoms with Crippen molar-refractivity contribution in [3.05, 3.63) is 0 Å². The van der Waals surface area contributed by atoms with Gasteiger partial charge in [0.2, 0.25) is 10.0 Å². The van der Waals surface area contributed by atoms with Gasteiger partial charge in [0, 0.05) is 0 Å². The van der Waals surface area contributed by atoms with Crippen molar-refractivity contribution in [2.24, 2.45) is 5.41 Å². The topological polar surface area (TPSA) is 83.5 Å². The van der Waals surface area contributed by atoms with Gasteiger partial charge in [-0.2, -0.15) is 0 Å². The maximum atomic E-state index is 11.4. The Hall–Kier alpha value is -0.620. The molecule has 0 saturated heterocycles. The fourth-order valence-corrected chi connectivity index (χ4v) is 2.79. The first-order chi connectivity index (χ1) is 6.03. The predicted molar refractivity (Wildman–Crippen MR) is 53.5 cm³/mol. The van der Waals surface area contributed by atoms with Crippen molar-refractivity contribution in [1.82, 2.24) is 4.72 Å². The highest BCUT2D eigenvalue weighted by Gasteiger charge is 2.25. The van der Waals surface area contributed by atoms with E-state index in [2.05, 4.69) is 4.72 Å². The molecule has 0 aliphatic carbocycles. The second-order valence-electron chi connectivity index (χ2n) is 4.50. The Morgan fingerprint density at radius 2 is 1.86 bits per heavy atom. The fourth-order valence-electron chi connectivity index (χ4n) is 0.931. The Morgan fingerprint density at radius 1 is 1.43 bits per heavy atom. The van der Waals surface area contributed by atoms with Crippen LogP contribution >= 0.6 is 0 Å². The van der Waals surface area contributed by atoms with E-state index < -0.39 is 22.0 Å². The number of rotatable bonds is 4. The third kappa shape index (κ3) is 5.93. The van der Waals surface area contributed by atoms with Gasteiger partial charge in [0.05, 0.1) is 5.75 Å². The Kier molecular flexibility index (Phi) is 4.08. The third-order valence-electron chi connectivity index (χ3n) is 1.35. The van der Waals surface area contributed by atoms with Crippen LogP contribution in [0.5, 0.6) is 0 Å². The quantitative estimate of drug-likeness (QED) is 0.723. The summed E-state index contributed by atoms with van der Waals surface area (Å²) >= 11 is 0. The van der Waals surface area contributed by atoms with Gasteiger partial charge in [0.25, 0.3) is 0 Å². The smallest absolute Gasteiger partial charge is 0.321 e. The van der Waals surface area contributed by atoms with Crippen LogP contribution in [0.1, 0.15) is 27.7 Å². The first-order valence-electron chi connectivity index (χ1n) is 4.26. The van der Waals surface area contributed by atoms with E-state index in [1.165, 1.54) is 6.92 Å². The number of hydrogen-bond donors (Lipinski definition) is 2. The SMILES string of the molecule is C[C@@H](NS(=O)(=O)CC(C)(C)C)C(=O)O. The maximum absolute atomic E-state index is 11.4. The van der Waals surface area contributed by atoms with Crippen molar-refractivity contribution in [2.75, 3.05) is 5.75 Å². The van der Waals surface area contributed by atoms with Crippen molar-refractivity contribution in [2.45, 2.75) is 33.7 Å². The Bertz CT molecular complexity index is 302. The second-order valence-corrected chi connectivity index (χ2v) is 6.25. The number of aliphatic carboxylic acids is 1. The van der Waals surface area contributed by atoms with Crippen LogP contribution in [-0.4, -0.2) is 31.3 Å². The van der Waals surface area contributed by atoms with Crippen LogP contribution < -0.4 is 4.72 Å². The summed E-state index contributed by atoms with van der Waals surface area (Å²) in [6.45, 7) is 6.62. The molecule has 0 spiro atoms. The molecule has 0 aromatic rings. The lowest BCUT2D eigenvalue weighted by Crippen LogP contribution is -2.41. The number of sulfonamides is 1. The van der Waals surface area contributed by atoms with Gasteiger partial charge >= 0.3 is 5.97 Å². The first kappa shape index (κ1) is 13.4. The molecule has 0 radical (unpaired) electrons. The molecule has 84 valence electrons. The van der Waals surface area contributed by atoms with E-state index in [9.17, 15) is 13.2 Å². The lowest BCUT2D eigenvalue weighted by molar-refractivity contribution is -0.138. The predicted octanol–water partition coefficient (Wildman–Crippen LogP) is 0.425. The summed E-state index contributed by atoms with van der Waals surface area (Å²) in [4.78, 5) is 10.4. The molecule has 0 aromatic heterocycles. The molecule has 0 rings (SSSR count). The molecule has 0 bridgehead atoms. The van der Waals surface area contributed by atoms with E-state index in [-0.39, 0.29) is 11.2 Å². The molecule has 0 amide bonds. The van der Waals surface area contributed by atoms with E-state index in [4.69, 9.17) is 5.11 Å². The van der Waals surface area contributed by atoms with E-state index in [1.807, 2.05) is 0 Å². The molecule has 0 unspecified atom stereocenters.